The van der Waals surface area contributed by atoms with Crippen molar-refractivity contribution in [1.82, 2.24) is 10.2 Å². The van der Waals surface area contributed by atoms with E-state index in [9.17, 15) is 4.39 Å². The highest BCUT2D eigenvalue weighted by Crippen LogP contribution is 2.31. The highest BCUT2D eigenvalue weighted by molar-refractivity contribution is 5.85. The lowest BCUT2D eigenvalue weighted by Gasteiger charge is -2.35. The van der Waals surface area contributed by atoms with Gasteiger partial charge in [0.1, 0.15) is 5.75 Å². The van der Waals surface area contributed by atoms with E-state index in [2.05, 4.69) is 10.2 Å². The lowest BCUT2D eigenvalue weighted by molar-refractivity contribution is 0.155. The van der Waals surface area contributed by atoms with Crippen molar-refractivity contribution < 1.29 is 9.13 Å². The van der Waals surface area contributed by atoms with E-state index in [1.165, 1.54) is 0 Å². The van der Waals surface area contributed by atoms with E-state index in [0.717, 1.165) is 37.5 Å². The molecule has 1 atom stereocenters. The summed E-state index contributed by atoms with van der Waals surface area (Å²) < 4.78 is 18.2. The minimum atomic E-state index is -0.299. The van der Waals surface area contributed by atoms with Crippen LogP contribution < -0.4 is 10.1 Å². The standard InChI is InChI=1S/C14H21FN2O.ClH/c1-18-14-5-3-2-4-12(14)13(6-7-15)17-10-8-16-9-11-17;/h2-5,13,16H,6-11H2,1H3;1H/t13-;/m0./s1. The Kier molecular flexibility index (Phi) is 7.13. The predicted molar refractivity (Wildman–Crippen MR) is 78.0 cm³/mol. The smallest absolute Gasteiger partial charge is 0.123 e. The van der Waals surface area contributed by atoms with E-state index in [4.69, 9.17) is 4.74 Å². The van der Waals surface area contributed by atoms with Crippen LogP contribution in [0.5, 0.6) is 5.75 Å². The van der Waals surface area contributed by atoms with E-state index in [-0.39, 0.29) is 25.1 Å². The van der Waals surface area contributed by atoms with Crippen LogP contribution in [0, 0.1) is 0 Å². The van der Waals surface area contributed by atoms with Gasteiger partial charge in [-0.1, -0.05) is 18.2 Å². The number of nitrogens with one attached hydrogen (secondary N) is 1. The molecule has 0 bridgehead atoms. The van der Waals surface area contributed by atoms with E-state index in [1.807, 2.05) is 24.3 Å². The Labute approximate surface area is 120 Å². The fourth-order valence-corrected chi connectivity index (χ4v) is 2.57. The molecular formula is C14H22ClFN2O. The van der Waals surface area contributed by atoms with Crippen molar-refractivity contribution in [2.24, 2.45) is 0 Å². The molecule has 0 aliphatic carbocycles. The number of methoxy groups -OCH3 is 1. The maximum Gasteiger partial charge on any atom is 0.123 e. The first kappa shape index (κ1) is 16.2. The van der Waals surface area contributed by atoms with Gasteiger partial charge in [0, 0.05) is 37.8 Å². The molecular weight excluding hydrogens is 267 g/mol. The van der Waals surface area contributed by atoms with Gasteiger partial charge in [-0.05, 0) is 12.5 Å². The van der Waals surface area contributed by atoms with Crippen molar-refractivity contribution in [2.75, 3.05) is 40.0 Å². The molecule has 1 aromatic carbocycles. The minimum Gasteiger partial charge on any atom is -0.496 e. The fraction of sp³-hybridized carbons (Fsp3) is 0.571. The zero-order valence-electron chi connectivity index (χ0n) is 11.3. The number of rotatable bonds is 5. The summed E-state index contributed by atoms with van der Waals surface area (Å²) in [5.41, 5.74) is 1.10. The maximum absolute atomic E-state index is 12.8. The van der Waals surface area contributed by atoms with Gasteiger partial charge in [-0.2, -0.15) is 0 Å². The first-order valence-corrected chi connectivity index (χ1v) is 6.50. The quantitative estimate of drug-likeness (QED) is 0.901. The first-order valence-electron chi connectivity index (χ1n) is 6.50. The molecule has 1 fully saturated rings. The summed E-state index contributed by atoms with van der Waals surface area (Å²) >= 11 is 0. The van der Waals surface area contributed by atoms with E-state index in [1.54, 1.807) is 7.11 Å². The zero-order valence-corrected chi connectivity index (χ0v) is 12.1. The molecule has 0 saturated carbocycles. The van der Waals surface area contributed by atoms with Gasteiger partial charge < -0.3 is 10.1 Å². The third-order valence-corrected chi connectivity index (χ3v) is 3.47. The molecule has 2 rings (SSSR count). The Morgan fingerprint density at radius 3 is 2.63 bits per heavy atom. The number of piperazine rings is 1. The van der Waals surface area contributed by atoms with Crippen LogP contribution in [0.25, 0.3) is 0 Å². The van der Waals surface area contributed by atoms with E-state index in [0.29, 0.717) is 6.42 Å². The molecule has 1 aliphatic rings. The van der Waals surface area contributed by atoms with Crippen LogP contribution in [0.4, 0.5) is 4.39 Å². The fourth-order valence-electron chi connectivity index (χ4n) is 2.57. The number of para-hydroxylation sites is 1. The van der Waals surface area contributed by atoms with Crippen molar-refractivity contribution >= 4 is 12.4 Å². The molecule has 108 valence electrons. The molecule has 0 radical (unpaired) electrons. The molecule has 0 spiro atoms. The van der Waals surface area contributed by atoms with Gasteiger partial charge in [0.15, 0.2) is 0 Å². The topological polar surface area (TPSA) is 24.5 Å². The van der Waals surface area contributed by atoms with Gasteiger partial charge in [0.2, 0.25) is 0 Å². The molecule has 0 amide bonds. The summed E-state index contributed by atoms with van der Waals surface area (Å²) in [7, 11) is 1.67. The van der Waals surface area contributed by atoms with Crippen molar-refractivity contribution in [3.63, 3.8) is 0 Å². The Hall–Kier alpha value is -0.840. The summed E-state index contributed by atoms with van der Waals surface area (Å²) in [6, 6.07) is 8.05. The number of hydrogen-bond acceptors (Lipinski definition) is 3. The Morgan fingerprint density at radius 2 is 2.00 bits per heavy atom. The van der Waals surface area contributed by atoms with Crippen LogP contribution in [0.1, 0.15) is 18.0 Å². The van der Waals surface area contributed by atoms with Crippen LogP contribution in [0.3, 0.4) is 0 Å². The van der Waals surface area contributed by atoms with E-state index >= 15 is 0 Å². The van der Waals surface area contributed by atoms with Crippen LogP contribution in [-0.4, -0.2) is 44.9 Å². The molecule has 1 aromatic rings. The highest BCUT2D eigenvalue weighted by Gasteiger charge is 2.24. The summed E-state index contributed by atoms with van der Waals surface area (Å²) in [6.07, 6.45) is 0.528. The summed E-state index contributed by atoms with van der Waals surface area (Å²) in [5, 5.41) is 3.33. The summed E-state index contributed by atoms with van der Waals surface area (Å²) in [4.78, 5) is 2.34. The van der Waals surface area contributed by atoms with Crippen LogP contribution in [0.2, 0.25) is 0 Å². The highest BCUT2D eigenvalue weighted by atomic mass is 35.5. The summed E-state index contributed by atoms with van der Waals surface area (Å²) in [5.74, 6) is 0.856. The molecule has 0 aromatic heterocycles. The molecule has 0 unspecified atom stereocenters. The average molecular weight is 289 g/mol. The second-order valence-corrected chi connectivity index (χ2v) is 4.52. The van der Waals surface area contributed by atoms with Crippen LogP contribution in [-0.2, 0) is 0 Å². The van der Waals surface area contributed by atoms with Crippen molar-refractivity contribution in [1.29, 1.82) is 0 Å². The SMILES string of the molecule is COc1ccccc1[C@H](CCF)N1CCNCC1.Cl. The maximum atomic E-state index is 12.8. The average Bonchev–Trinajstić information content (AvgIpc) is 2.46. The van der Waals surface area contributed by atoms with E-state index < -0.39 is 0 Å². The molecule has 19 heavy (non-hydrogen) atoms. The number of hydrogen-bond donors (Lipinski definition) is 1. The number of nitrogens with zero attached hydrogens (tertiary/aromatic N) is 1. The second-order valence-electron chi connectivity index (χ2n) is 4.52. The third-order valence-electron chi connectivity index (χ3n) is 3.47. The Balaban J connectivity index is 0.00000180. The van der Waals surface area contributed by atoms with Crippen molar-refractivity contribution in [2.45, 2.75) is 12.5 Å². The second kappa shape index (κ2) is 8.35. The van der Waals surface area contributed by atoms with Gasteiger partial charge in [0.05, 0.1) is 13.8 Å². The largest absolute Gasteiger partial charge is 0.496 e. The minimum absolute atomic E-state index is 0. The number of ether oxygens (including phenoxy) is 1. The van der Waals surface area contributed by atoms with Gasteiger partial charge >= 0.3 is 0 Å². The lowest BCUT2D eigenvalue weighted by Crippen LogP contribution is -2.45. The third kappa shape index (κ3) is 4.06. The van der Waals surface area contributed by atoms with Gasteiger partial charge in [-0.3, -0.25) is 9.29 Å². The normalized spacial score (nSPS) is 17.6. The molecule has 1 aliphatic heterocycles. The van der Waals surface area contributed by atoms with Gasteiger partial charge in [0.25, 0.3) is 0 Å². The number of benzene rings is 1. The zero-order chi connectivity index (χ0) is 12.8. The Morgan fingerprint density at radius 1 is 1.32 bits per heavy atom. The van der Waals surface area contributed by atoms with Crippen molar-refractivity contribution in [3.05, 3.63) is 29.8 Å². The summed E-state index contributed by atoms with van der Waals surface area (Å²) in [6.45, 7) is 3.56. The molecule has 1 N–H and O–H groups in total. The molecule has 5 heteroatoms. The molecule has 3 nitrogen and oxygen atoms in total. The molecule has 1 heterocycles. The lowest BCUT2D eigenvalue weighted by atomic mass is 10.0. The van der Waals surface area contributed by atoms with Crippen LogP contribution in [0.15, 0.2) is 24.3 Å². The predicted octanol–water partition coefficient (Wildman–Crippen LogP) is 2.42. The number of alkyl halides is 1. The Bertz CT molecular complexity index is 372. The molecule has 1 saturated heterocycles. The number of halogens is 2. The first-order chi connectivity index (χ1) is 8.86. The monoisotopic (exact) mass is 288 g/mol. The van der Waals surface area contributed by atoms with Crippen LogP contribution >= 0.6 is 12.4 Å². The van der Waals surface area contributed by atoms with Gasteiger partial charge in [-0.15, -0.1) is 12.4 Å². The van der Waals surface area contributed by atoms with Crippen molar-refractivity contribution in [3.8, 4) is 5.75 Å². The van der Waals surface area contributed by atoms with Gasteiger partial charge in [-0.25, -0.2) is 0 Å².